The minimum atomic E-state index is -0.816. The predicted molar refractivity (Wildman–Crippen MR) is 65.1 cm³/mol. The van der Waals surface area contributed by atoms with Crippen LogP contribution < -0.4 is 5.32 Å². The third-order valence-electron chi connectivity index (χ3n) is 4.11. The Hall–Kier alpha value is -1.52. The summed E-state index contributed by atoms with van der Waals surface area (Å²) in [6.45, 7) is 3.61. The molecule has 1 amide bonds. The fourth-order valence-electron chi connectivity index (χ4n) is 3.41. The van der Waals surface area contributed by atoms with Gasteiger partial charge in [-0.1, -0.05) is 25.5 Å². The van der Waals surface area contributed by atoms with E-state index in [2.05, 4.69) is 11.9 Å². The summed E-state index contributed by atoms with van der Waals surface area (Å²) in [7, 11) is 0. The summed E-state index contributed by atoms with van der Waals surface area (Å²) in [4.78, 5) is 23.0. The number of rotatable bonds is 4. The molecule has 5 heteroatoms. The van der Waals surface area contributed by atoms with Crippen molar-refractivity contribution in [3.8, 4) is 0 Å². The van der Waals surface area contributed by atoms with Crippen LogP contribution in [0, 0.1) is 11.8 Å². The van der Waals surface area contributed by atoms with Crippen molar-refractivity contribution >= 4 is 12.1 Å². The van der Waals surface area contributed by atoms with Gasteiger partial charge < -0.3 is 15.2 Å². The Bertz CT molecular complexity index is 368. The molecule has 0 aliphatic heterocycles. The Morgan fingerprint density at radius 2 is 2.33 bits per heavy atom. The lowest BCUT2D eigenvalue weighted by Gasteiger charge is -2.36. The van der Waals surface area contributed by atoms with Crippen molar-refractivity contribution in [1.29, 1.82) is 0 Å². The number of carbonyl (C=O) groups is 2. The van der Waals surface area contributed by atoms with E-state index < -0.39 is 23.5 Å². The molecule has 0 aromatic rings. The SMILES string of the molecule is C=CCOC(=O)N[C@]12CCC[C@H](C[C@H]1C(=O)O)C2. The summed E-state index contributed by atoms with van der Waals surface area (Å²) < 4.78 is 4.91. The van der Waals surface area contributed by atoms with E-state index in [0.717, 1.165) is 25.7 Å². The maximum Gasteiger partial charge on any atom is 0.407 e. The van der Waals surface area contributed by atoms with Crippen molar-refractivity contribution in [2.75, 3.05) is 6.61 Å². The van der Waals surface area contributed by atoms with Gasteiger partial charge in [0.25, 0.3) is 0 Å². The highest BCUT2D eigenvalue weighted by molar-refractivity contribution is 5.75. The molecule has 0 heterocycles. The second kappa shape index (κ2) is 5.00. The predicted octanol–water partition coefficient (Wildman–Crippen LogP) is 1.93. The largest absolute Gasteiger partial charge is 0.481 e. The monoisotopic (exact) mass is 253 g/mol. The first kappa shape index (κ1) is 12.9. The van der Waals surface area contributed by atoms with Crippen LogP contribution in [0.4, 0.5) is 4.79 Å². The minimum Gasteiger partial charge on any atom is -0.481 e. The highest BCUT2D eigenvalue weighted by Gasteiger charge is 2.53. The van der Waals surface area contributed by atoms with E-state index in [1.807, 2.05) is 0 Å². The number of hydrogen-bond acceptors (Lipinski definition) is 3. The summed E-state index contributed by atoms with van der Waals surface area (Å²) in [6.07, 6.45) is 5.13. The highest BCUT2D eigenvalue weighted by Crippen LogP contribution is 2.49. The fraction of sp³-hybridized carbons (Fsp3) is 0.692. The number of carboxylic acids is 1. The van der Waals surface area contributed by atoms with Gasteiger partial charge in [0.15, 0.2) is 0 Å². The van der Waals surface area contributed by atoms with Gasteiger partial charge in [-0.15, -0.1) is 0 Å². The van der Waals surface area contributed by atoms with Crippen LogP contribution in [0.15, 0.2) is 12.7 Å². The zero-order valence-electron chi connectivity index (χ0n) is 10.4. The van der Waals surface area contributed by atoms with Crippen molar-refractivity contribution in [2.24, 2.45) is 11.8 Å². The van der Waals surface area contributed by atoms with E-state index in [-0.39, 0.29) is 6.61 Å². The molecule has 100 valence electrons. The van der Waals surface area contributed by atoms with Gasteiger partial charge in [-0.25, -0.2) is 4.79 Å². The van der Waals surface area contributed by atoms with E-state index in [4.69, 9.17) is 4.74 Å². The van der Waals surface area contributed by atoms with Crippen LogP contribution in [-0.2, 0) is 9.53 Å². The molecule has 2 aliphatic rings. The van der Waals surface area contributed by atoms with Crippen molar-refractivity contribution in [3.63, 3.8) is 0 Å². The molecule has 5 nitrogen and oxygen atoms in total. The molecule has 2 N–H and O–H groups in total. The summed E-state index contributed by atoms with van der Waals surface area (Å²) in [6, 6.07) is 0. The number of ether oxygens (including phenoxy) is 1. The summed E-state index contributed by atoms with van der Waals surface area (Å²) >= 11 is 0. The van der Waals surface area contributed by atoms with Gasteiger partial charge in [-0.2, -0.15) is 0 Å². The highest BCUT2D eigenvalue weighted by atomic mass is 16.5. The molecule has 18 heavy (non-hydrogen) atoms. The van der Waals surface area contributed by atoms with Crippen LogP contribution in [0.1, 0.15) is 32.1 Å². The van der Waals surface area contributed by atoms with Crippen molar-refractivity contribution in [3.05, 3.63) is 12.7 Å². The number of alkyl carbamates (subject to hydrolysis) is 1. The molecule has 0 saturated heterocycles. The number of carboxylic acid groups (broad SMARTS) is 1. The van der Waals surface area contributed by atoms with E-state index in [0.29, 0.717) is 12.3 Å². The molecule has 0 unspecified atom stereocenters. The molecule has 2 bridgehead atoms. The van der Waals surface area contributed by atoms with Crippen molar-refractivity contribution in [1.82, 2.24) is 5.32 Å². The summed E-state index contributed by atoms with van der Waals surface area (Å²) in [5, 5.41) is 12.1. The topological polar surface area (TPSA) is 75.6 Å². The molecular weight excluding hydrogens is 234 g/mol. The lowest BCUT2D eigenvalue weighted by molar-refractivity contribution is -0.143. The van der Waals surface area contributed by atoms with Crippen LogP contribution in [0.2, 0.25) is 0 Å². The first-order valence-electron chi connectivity index (χ1n) is 6.36. The molecule has 0 aromatic carbocycles. The number of nitrogens with one attached hydrogen (secondary N) is 1. The third kappa shape index (κ3) is 2.35. The number of hydrogen-bond donors (Lipinski definition) is 2. The number of carbonyl (C=O) groups excluding carboxylic acids is 1. The first-order valence-corrected chi connectivity index (χ1v) is 6.36. The second-order valence-corrected chi connectivity index (χ2v) is 5.26. The van der Waals surface area contributed by atoms with Crippen LogP contribution in [0.3, 0.4) is 0 Å². The van der Waals surface area contributed by atoms with E-state index in [1.165, 1.54) is 6.08 Å². The molecule has 3 atom stereocenters. The zero-order valence-corrected chi connectivity index (χ0v) is 10.4. The van der Waals surface area contributed by atoms with Crippen LogP contribution in [0.25, 0.3) is 0 Å². The Labute approximate surface area is 106 Å². The molecule has 0 radical (unpaired) electrons. The molecule has 0 spiro atoms. The molecule has 2 aliphatic carbocycles. The van der Waals surface area contributed by atoms with Crippen molar-refractivity contribution < 1.29 is 19.4 Å². The Balaban J connectivity index is 2.08. The van der Waals surface area contributed by atoms with Gasteiger partial charge >= 0.3 is 12.1 Å². The third-order valence-corrected chi connectivity index (χ3v) is 4.11. The van der Waals surface area contributed by atoms with Gasteiger partial charge in [0, 0.05) is 0 Å². The fourth-order valence-corrected chi connectivity index (χ4v) is 3.41. The van der Waals surface area contributed by atoms with Gasteiger partial charge in [-0.05, 0) is 25.2 Å². The lowest BCUT2D eigenvalue weighted by atomic mass is 9.79. The Morgan fingerprint density at radius 3 is 3.00 bits per heavy atom. The average molecular weight is 253 g/mol. The van der Waals surface area contributed by atoms with Gasteiger partial charge in [0.05, 0.1) is 11.5 Å². The molecular formula is C13H19NO4. The maximum absolute atomic E-state index is 11.6. The smallest absolute Gasteiger partial charge is 0.407 e. The van der Waals surface area contributed by atoms with E-state index >= 15 is 0 Å². The molecule has 2 fully saturated rings. The lowest BCUT2D eigenvalue weighted by Crippen LogP contribution is -2.54. The quantitative estimate of drug-likeness (QED) is 0.751. The van der Waals surface area contributed by atoms with Gasteiger partial charge in [0.1, 0.15) is 6.61 Å². The normalized spacial score (nSPS) is 33.8. The van der Waals surface area contributed by atoms with Gasteiger partial charge in [-0.3, -0.25) is 4.79 Å². The Kier molecular flexibility index (Phi) is 3.59. The molecule has 0 aromatic heterocycles. The standard InChI is InChI=1S/C13H19NO4/c1-2-6-18-12(17)14-13-5-3-4-9(8-13)7-10(13)11(15)16/h2,9-10H,1,3-8H2,(H,14,17)(H,15,16)/t9-,10+,13+/m1/s1. The van der Waals surface area contributed by atoms with Crippen LogP contribution in [-0.4, -0.2) is 29.3 Å². The van der Waals surface area contributed by atoms with E-state index in [1.54, 1.807) is 0 Å². The summed E-state index contributed by atoms with van der Waals surface area (Å²) in [5.41, 5.74) is -0.604. The van der Waals surface area contributed by atoms with Crippen molar-refractivity contribution in [2.45, 2.75) is 37.6 Å². The number of fused-ring (bicyclic) bond motifs is 2. The number of amides is 1. The minimum absolute atomic E-state index is 0.142. The van der Waals surface area contributed by atoms with Crippen LogP contribution >= 0.6 is 0 Å². The zero-order chi connectivity index (χ0) is 13.2. The first-order chi connectivity index (χ1) is 8.57. The van der Waals surface area contributed by atoms with E-state index in [9.17, 15) is 14.7 Å². The van der Waals surface area contributed by atoms with Gasteiger partial charge in [0.2, 0.25) is 0 Å². The summed E-state index contributed by atoms with van der Waals surface area (Å²) in [5.74, 6) is -0.885. The number of aliphatic carboxylic acids is 1. The second-order valence-electron chi connectivity index (χ2n) is 5.26. The van der Waals surface area contributed by atoms with Crippen LogP contribution in [0.5, 0.6) is 0 Å². The Morgan fingerprint density at radius 1 is 1.56 bits per heavy atom. The maximum atomic E-state index is 11.6. The molecule has 2 rings (SSSR count). The molecule has 2 saturated carbocycles. The average Bonchev–Trinajstić information content (AvgIpc) is 2.57.